The maximum absolute atomic E-state index is 10.8. The summed E-state index contributed by atoms with van der Waals surface area (Å²) in [6.45, 7) is 2.73. The van der Waals surface area contributed by atoms with Gasteiger partial charge in [0.1, 0.15) is 11.5 Å². The van der Waals surface area contributed by atoms with Gasteiger partial charge in [-0.2, -0.15) is 0 Å². The summed E-state index contributed by atoms with van der Waals surface area (Å²) >= 11 is 3.35. The average Bonchev–Trinajstić information content (AvgIpc) is 3.17. The Labute approximate surface area is 159 Å². The third kappa shape index (κ3) is 4.80. The summed E-state index contributed by atoms with van der Waals surface area (Å²) in [6.07, 6.45) is -0.305. The molecule has 0 spiro atoms. The Balaban J connectivity index is 0.00000225. The number of non-ortho nitro benzene ring substituents is 1. The second-order valence-electron chi connectivity index (χ2n) is 5.80. The van der Waals surface area contributed by atoms with Crippen molar-refractivity contribution in [2.75, 3.05) is 19.6 Å². The summed E-state index contributed by atoms with van der Waals surface area (Å²) in [5.74, 6) is 1.63. The molecule has 0 bridgehead atoms. The summed E-state index contributed by atoms with van der Waals surface area (Å²) in [6, 6.07) is 8.30. The van der Waals surface area contributed by atoms with Gasteiger partial charge in [0.2, 0.25) is 0 Å². The van der Waals surface area contributed by atoms with Crippen molar-refractivity contribution in [3.05, 3.63) is 50.7 Å². The second kappa shape index (κ2) is 8.77. The number of furan rings is 1. The summed E-state index contributed by atoms with van der Waals surface area (Å²) < 4.78 is 6.42. The minimum Gasteiger partial charge on any atom is -0.460 e. The van der Waals surface area contributed by atoms with E-state index in [2.05, 4.69) is 26.6 Å². The van der Waals surface area contributed by atoms with E-state index in [9.17, 15) is 15.2 Å². The molecule has 9 heteroatoms. The Bertz CT molecular complexity index is 740. The number of nitro benzene ring substituents is 1. The van der Waals surface area contributed by atoms with Gasteiger partial charge in [0.15, 0.2) is 0 Å². The molecule has 2 unspecified atom stereocenters. The third-order valence-corrected chi connectivity index (χ3v) is 4.76. The molecule has 2 atom stereocenters. The molecule has 25 heavy (non-hydrogen) atoms. The van der Waals surface area contributed by atoms with Crippen LogP contribution in [-0.2, 0) is 6.54 Å². The fourth-order valence-corrected chi connectivity index (χ4v) is 3.31. The van der Waals surface area contributed by atoms with Gasteiger partial charge in [-0.05, 0) is 34.1 Å². The van der Waals surface area contributed by atoms with Gasteiger partial charge in [0.25, 0.3) is 5.69 Å². The standard InChI is InChI=1S/C16H18BrN3O4.ClH/c17-14-5-11(20(22)23)1-3-13(14)16-4-2-12(24-16)8-18-6-10-7-19-9-15(10)21;/h1-5,10,15,18-19,21H,6-9H2;1H. The Morgan fingerprint density at radius 3 is 2.80 bits per heavy atom. The quantitative estimate of drug-likeness (QED) is 0.479. The van der Waals surface area contributed by atoms with E-state index in [-0.39, 0.29) is 30.1 Å². The molecule has 1 saturated heterocycles. The maximum Gasteiger partial charge on any atom is 0.270 e. The van der Waals surface area contributed by atoms with E-state index < -0.39 is 4.92 Å². The molecule has 1 aromatic carbocycles. The molecule has 0 aliphatic carbocycles. The predicted octanol–water partition coefficient (Wildman–Crippen LogP) is 2.71. The van der Waals surface area contributed by atoms with Gasteiger partial charge in [-0.25, -0.2) is 0 Å². The first-order valence-electron chi connectivity index (χ1n) is 7.67. The van der Waals surface area contributed by atoms with Crippen LogP contribution in [-0.4, -0.2) is 35.8 Å². The number of nitrogens with one attached hydrogen (secondary N) is 2. The van der Waals surface area contributed by atoms with Crippen molar-refractivity contribution in [1.29, 1.82) is 0 Å². The van der Waals surface area contributed by atoms with Gasteiger partial charge in [-0.3, -0.25) is 10.1 Å². The number of aliphatic hydroxyl groups is 1. The van der Waals surface area contributed by atoms with Crippen LogP contribution in [0.1, 0.15) is 5.76 Å². The molecule has 0 saturated carbocycles. The van der Waals surface area contributed by atoms with Gasteiger partial charge >= 0.3 is 0 Å². The van der Waals surface area contributed by atoms with E-state index in [0.717, 1.165) is 17.9 Å². The van der Waals surface area contributed by atoms with Gasteiger partial charge in [-0.1, -0.05) is 0 Å². The van der Waals surface area contributed by atoms with Crippen LogP contribution >= 0.6 is 28.3 Å². The van der Waals surface area contributed by atoms with Crippen LogP contribution in [0.3, 0.4) is 0 Å². The minimum atomic E-state index is -0.432. The van der Waals surface area contributed by atoms with E-state index >= 15 is 0 Å². The maximum atomic E-state index is 10.8. The van der Waals surface area contributed by atoms with Crippen LogP contribution in [0.4, 0.5) is 5.69 Å². The lowest BCUT2D eigenvalue weighted by molar-refractivity contribution is -0.384. The van der Waals surface area contributed by atoms with Gasteiger partial charge in [-0.15, -0.1) is 12.4 Å². The summed E-state index contributed by atoms with van der Waals surface area (Å²) in [5.41, 5.74) is 0.796. The van der Waals surface area contributed by atoms with Crippen LogP contribution in [0.25, 0.3) is 11.3 Å². The van der Waals surface area contributed by atoms with Crippen molar-refractivity contribution in [2.45, 2.75) is 12.6 Å². The molecule has 1 aliphatic rings. The number of benzene rings is 1. The Kier molecular flexibility index (Phi) is 6.97. The normalized spacial score (nSPS) is 19.6. The first-order chi connectivity index (χ1) is 11.5. The highest BCUT2D eigenvalue weighted by Crippen LogP contribution is 2.32. The van der Waals surface area contributed by atoms with Crippen molar-refractivity contribution in [1.82, 2.24) is 10.6 Å². The zero-order valence-electron chi connectivity index (χ0n) is 13.3. The number of aliphatic hydroxyl groups excluding tert-OH is 1. The molecule has 2 heterocycles. The molecule has 3 rings (SSSR count). The Morgan fingerprint density at radius 1 is 1.36 bits per heavy atom. The van der Waals surface area contributed by atoms with E-state index in [4.69, 9.17) is 4.42 Å². The minimum absolute atomic E-state index is 0. The van der Waals surface area contributed by atoms with Crippen LogP contribution in [0, 0.1) is 16.0 Å². The lowest BCUT2D eigenvalue weighted by Crippen LogP contribution is -2.30. The number of halogens is 2. The number of rotatable bonds is 6. The third-order valence-electron chi connectivity index (χ3n) is 4.10. The molecule has 0 radical (unpaired) electrons. The van der Waals surface area contributed by atoms with Crippen molar-refractivity contribution >= 4 is 34.0 Å². The second-order valence-corrected chi connectivity index (χ2v) is 6.66. The van der Waals surface area contributed by atoms with Crippen molar-refractivity contribution in [3.8, 4) is 11.3 Å². The molecule has 1 aliphatic heterocycles. The zero-order chi connectivity index (χ0) is 17.1. The molecule has 2 aromatic rings. The molecule has 3 N–H and O–H groups in total. The Hall–Kier alpha value is -1.45. The van der Waals surface area contributed by atoms with Crippen LogP contribution in [0.15, 0.2) is 39.2 Å². The Morgan fingerprint density at radius 2 is 2.16 bits per heavy atom. The number of nitro groups is 1. The zero-order valence-corrected chi connectivity index (χ0v) is 15.7. The fourth-order valence-electron chi connectivity index (χ4n) is 2.74. The monoisotopic (exact) mass is 431 g/mol. The lowest BCUT2D eigenvalue weighted by atomic mass is 10.1. The number of hydrogen-bond acceptors (Lipinski definition) is 6. The summed E-state index contributed by atoms with van der Waals surface area (Å²) in [4.78, 5) is 10.4. The topological polar surface area (TPSA) is 101 Å². The van der Waals surface area contributed by atoms with E-state index in [1.807, 2.05) is 12.1 Å². The largest absolute Gasteiger partial charge is 0.460 e. The number of nitrogens with zero attached hydrogens (tertiary/aromatic N) is 1. The lowest BCUT2D eigenvalue weighted by Gasteiger charge is -2.13. The van der Waals surface area contributed by atoms with E-state index in [0.29, 0.717) is 29.9 Å². The summed E-state index contributed by atoms with van der Waals surface area (Å²) in [7, 11) is 0. The molecule has 1 fully saturated rings. The van der Waals surface area contributed by atoms with Crippen molar-refractivity contribution in [3.63, 3.8) is 0 Å². The molecular weight excluding hydrogens is 414 g/mol. The van der Waals surface area contributed by atoms with E-state index in [1.54, 1.807) is 6.07 Å². The highest BCUT2D eigenvalue weighted by atomic mass is 79.9. The first kappa shape index (κ1) is 19.9. The highest BCUT2D eigenvalue weighted by molar-refractivity contribution is 9.10. The molecule has 136 valence electrons. The molecule has 0 amide bonds. The SMILES string of the molecule is Cl.O=[N+]([O-])c1ccc(-c2ccc(CNCC3CNCC3O)o2)c(Br)c1. The fraction of sp³-hybridized carbons (Fsp3) is 0.375. The van der Waals surface area contributed by atoms with Crippen molar-refractivity contribution in [2.24, 2.45) is 5.92 Å². The van der Waals surface area contributed by atoms with E-state index in [1.165, 1.54) is 12.1 Å². The number of hydrogen-bond donors (Lipinski definition) is 3. The molecular formula is C16H19BrClN3O4. The van der Waals surface area contributed by atoms with Crippen molar-refractivity contribution < 1.29 is 14.4 Å². The van der Waals surface area contributed by atoms with Gasteiger partial charge in [0, 0.05) is 47.7 Å². The highest BCUT2D eigenvalue weighted by Gasteiger charge is 2.24. The van der Waals surface area contributed by atoms with Crippen LogP contribution in [0.2, 0.25) is 0 Å². The van der Waals surface area contributed by atoms with Crippen LogP contribution in [0.5, 0.6) is 0 Å². The predicted molar refractivity (Wildman–Crippen MR) is 99.8 cm³/mol. The van der Waals surface area contributed by atoms with Crippen LogP contribution < -0.4 is 10.6 Å². The molecule has 1 aromatic heterocycles. The van der Waals surface area contributed by atoms with Gasteiger partial charge in [0.05, 0.1) is 17.6 Å². The molecule has 7 nitrogen and oxygen atoms in total. The number of β-amino-alcohol motifs (C(OH)–C–C–N with tert-alkyl or cyclic N) is 1. The summed E-state index contributed by atoms with van der Waals surface area (Å²) in [5, 5.41) is 27.0. The van der Waals surface area contributed by atoms with Gasteiger partial charge < -0.3 is 20.2 Å². The first-order valence-corrected chi connectivity index (χ1v) is 8.46. The average molecular weight is 433 g/mol. The smallest absolute Gasteiger partial charge is 0.270 e.